The molecule has 1 saturated heterocycles. The Balaban J connectivity index is 1.26. The van der Waals surface area contributed by atoms with Gasteiger partial charge < -0.3 is 9.64 Å². The van der Waals surface area contributed by atoms with E-state index in [1.165, 1.54) is 26.4 Å². The first-order chi connectivity index (χ1) is 14.1. The lowest BCUT2D eigenvalue weighted by molar-refractivity contribution is 0.0600. The van der Waals surface area contributed by atoms with E-state index in [0.717, 1.165) is 50.0 Å². The molecule has 1 aromatic heterocycles. The summed E-state index contributed by atoms with van der Waals surface area (Å²) in [4.78, 5) is 20.0. The van der Waals surface area contributed by atoms with Crippen molar-refractivity contribution in [2.75, 3.05) is 30.9 Å². The van der Waals surface area contributed by atoms with Gasteiger partial charge >= 0.3 is 5.97 Å². The summed E-state index contributed by atoms with van der Waals surface area (Å²) < 4.78 is 5.95. The van der Waals surface area contributed by atoms with Gasteiger partial charge in [-0.15, -0.1) is 11.8 Å². The van der Waals surface area contributed by atoms with Crippen molar-refractivity contribution in [1.82, 2.24) is 4.98 Å². The molecule has 0 radical (unpaired) electrons. The molecule has 0 aliphatic carbocycles. The van der Waals surface area contributed by atoms with Crippen LogP contribution in [0.15, 0.2) is 47.4 Å². The summed E-state index contributed by atoms with van der Waals surface area (Å²) >= 11 is 9.64. The van der Waals surface area contributed by atoms with Gasteiger partial charge in [0.1, 0.15) is 0 Å². The predicted molar refractivity (Wildman–Crippen MR) is 123 cm³/mol. The van der Waals surface area contributed by atoms with Crippen LogP contribution < -0.4 is 4.90 Å². The van der Waals surface area contributed by atoms with Crippen molar-refractivity contribution in [1.29, 1.82) is 0 Å². The number of carbonyl (C=O) groups is 1. The van der Waals surface area contributed by atoms with E-state index in [1.807, 2.05) is 42.1 Å². The molecule has 1 aliphatic rings. The summed E-state index contributed by atoms with van der Waals surface area (Å²) in [7, 11) is 1.41. The number of hydrogen-bond acceptors (Lipinski definition) is 6. The zero-order valence-electron chi connectivity index (χ0n) is 16.3. The maximum atomic E-state index is 11.7. The minimum Gasteiger partial charge on any atom is -0.465 e. The summed E-state index contributed by atoms with van der Waals surface area (Å²) in [5, 5.41) is 1.87. The number of carbonyl (C=O) groups excluding carboxylic acids is 1. The van der Waals surface area contributed by atoms with E-state index in [9.17, 15) is 4.79 Å². The maximum Gasteiger partial charge on any atom is 0.337 e. The number of thioether (sulfide) groups is 1. The van der Waals surface area contributed by atoms with Gasteiger partial charge in [-0.05, 0) is 67.3 Å². The molecule has 0 saturated carbocycles. The largest absolute Gasteiger partial charge is 0.465 e. The fourth-order valence-electron chi connectivity index (χ4n) is 3.61. The van der Waals surface area contributed by atoms with Gasteiger partial charge in [0.15, 0.2) is 5.13 Å². The number of piperidine rings is 1. The Labute approximate surface area is 184 Å². The summed E-state index contributed by atoms with van der Waals surface area (Å²) in [6, 6.07) is 13.6. The molecule has 0 unspecified atom stereocenters. The van der Waals surface area contributed by atoms with Gasteiger partial charge in [0.2, 0.25) is 0 Å². The number of ether oxygens (including phenoxy) is 1. The molecule has 0 spiro atoms. The number of nitrogens with zero attached hydrogens (tertiary/aromatic N) is 2. The van der Waals surface area contributed by atoms with Crippen LogP contribution in [-0.4, -0.2) is 36.9 Å². The van der Waals surface area contributed by atoms with E-state index in [4.69, 9.17) is 21.3 Å². The van der Waals surface area contributed by atoms with E-state index < -0.39 is 0 Å². The van der Waals surface area contributed by atoms with Gasteiger partial charge in [0, 0.05) is 23.0 Å². The standard InChI is InChI=1S/C22H23ClN2O2S2/c1-27-21(26)16-3-2-4-18(13-16)28-12-9-15-7-10-25(11-8-15)22-24-19-6-5-17(23)14-20(19)29-22/h2-6,13-15H,7-12H2,1H3. The van der Waals surface area contributed by atoms with Crippen LogP contribution in [0.25, 0.3) is 10.2 Å². The molecule has 0 N–H and O–H groups in total. The van der Waals surface area contributed by atoms with Crippen molar-refractivity contribution in [2.24, 2.45) is 5.92 Å². The summed E-state index contributed by atoms with van der Waals surface area (Å²) in [6.45, 7) is 2.11. The molecule has 7 heteroatoms. The lowest BCUT2D eigenvalue weighted by Gasteiger charge is -2.31. The summed E-state index contributed by atoms with van der Waals surface area (Å²) in [5.41, 5.74) is 1.64. The highest BCUT2D eigenvalue weighted by Gasteiger charge is 2.21. The number of methoxy groups -OCH3 is 1. The van der Waals surface area contributed by atoms with Gasteiger partial charge in [0.05, 0.1) is 22.9 Å². The van der Waals surface area contributed by atoms with Gasteiger partial charge in [-0.3, -0.25) is 0 Å². The Morgan fingerprint density at radius 1 is 1.28 bits per heavy atom. The fourth-order valence-corrected chi connectivity index (χ4v) is 5.97. The van der Waals surface area contributed by atoms with E-state index in [1.54, 1.807) is 17.4 Å². The predicted octanol–water partition coefficient (Wildman–Crippen LogP) is 6.14. The minimum absolute atomic E-state index is 0.281. The molecule has 0 amide bonds. The number of aromatic nitrogens is 1. The third-order valence-corrected chi connectivity index (χ3v) is 7.62. The van der Waals surface area contributed by atoms with Crippen LogP contribution in [0.3, 0.4) is 0 Å². The Morgan fingerprint density at radius 2 is 2.10 bits per heavy atom. The molecular formula is C22H23ClN2O2S2. The molecule has 29 heavy (non-hydrogen) atoms. The monoisotopic (exact) mass is 446 g/mol. The van der Waals surface area contributed by atoms with E-state index in [2.05, 4.69) is 11.0 Å². The second kappa shape index (κ2) is 9.37. The second-order valence-corrected chi connectivity index (χ2v) is 9.81. The lowest BCUT2D eigenvalue weighted by Crippen LogP contribution is -2.33. The average molecular weight is 447 g/mol. The highest BCUT2D eigenvalue weighted by Crippen LogP contribution is 2.34. The number of halogens is 1. The molecule has 4 nitrogen and oxygen atoms in total. The van der Waals surface area contributed by atoms with Crippen molar-refractivity contribution in [3.8, 4) is 0 Å². The molecule has 1 aliphatic heterocycles. The normalized spacial score (nSPS) is 15.0. The maximum absolute atomic E-state index is 11.7. The fraction of sp³-hybridized carbons (Fsp3) is 0.364. The Kier molecular flexibility index (Phi) is 6.63. The van der Waals surface area contributed by atoms with Crippen LogP contribution in [0.4, 0.5) is 5.13 Å². The molecule has 2 heterocycles. The third-order valence-electron chi connectivity index (χ3n) is 5.27. The van der Waals surface area contributed by atoms with Crippen molar-refractivity contribution in [3.05, 3.63) is 53.1 Å². The molecule has 4 rings (SSSR count). The van der Waals surface area contributed by atoms with E-state index in [-0.39, 0.29) is 5.97 Å². The molecule has 152 valence electrons. The number of benzene rings is 2. The molecule has 2 aromatic carbocycles. The van der Waals surface area contributed by atoms with Gasteiger partial charge in [-0.1, -0.05) is 29.0 Å². The lowest BCUT2D eigenvalue weighted by atomic mass is 9.95. The molecule has 0 atom stereocenters. The number of esters is 1. The number of fused-ring (bicyclic) bond motifs is 1. The second-order valence-electron chi connectivity index (χ2n) is 7.20. The van der Waals surface area contributed by atoms with Crippen LogP contribution in [0.2, 0.25) is 5.02 Å². The first-order valence-electron chi connectivity index (χ1n) is 9.74. The Bertz CT molecular complexity index is 999. The van der Waals surface area contributed by atoms with E-state index >= 15 is 0 Å². The average Bonchev–Trinajstić information content (AvgIpc) is 3.17. The molecular weight excluding hydrogens is 424 g/mol. The quantitative estimate of drug-likeness (QED) is 0.336. The number of anilines is 1. The number of rotatable bonds is 6. The SMILES string of the molecule is COC(=O)c1cccc(SCCC2CCN(c3nc4ccc(Cl)cc4s3)CC2)c1. The van der Waals surface area contributed by atoms with Crippen molar-refractivity contribution in [2.45, 2.75) is 24.2 Å². The van der Waals surface area contributed by atoms with Gasteiger partial charge in [0.25, 0.3) is 0 Å². The minimum atomic E-state index is -0.281. The molecule has 1 fully saturated rings. The van der Waals surface area contributed by atoms with Gasteiger partial charge in [-0.2, -0.15) is 0 Å². The van der Waals surface area contributed by atoms with Crippen LogP contribution in [0.5, 0.6) is 0 Å². The van der Waals surface area contributed by atoms with Crippen LogP contribution >= 0.6 is 34.7 Å². The topological polar surface area (TPSA) is 42.4 Å². The summed E-state index contributed by atoms with van der Waals surface area (Å²) in [5.74, 6) is 1.53. The van der Waals surface area contributed by atoms with Crippen LogP contribution in [0, 0.1) is 5.92 Å². The zero-order valence-corrected chi connectivity index (χ0v) is 18.7. The highest BCUT2D eigenvalue weighted by atomic mass is 35.5. The zero-order chi connectivity index (χ0) is 20.2. The first kappa shape index (κ1) is 20.5. The Morgan fingerprint density at radius 3 is 2.90 bits per heavy atom. The Hall–Kier alpha value is -1.76. The number of thiazole rings is 1. The van der Waals surface area contributed by atoms with Crippen molar-refractivity contribution >= 4 is 56.0 Å². The van der Waals surface area contributed by atoms with Gasteiger partial charge in [-0.25, -0.2) is 9.78 Å². The van der Waals surface area contributed by atoms with Crippen LogP contribution in [-0.2, 0) is 4.74 Å². The van der Waals surface area contributed by atoms with Crippen molar-refractivity contribution in [3.63, 3.8) is 0 Å². The summed E-state index contributed by atoms with van der Waals surface area (Å²) in [6.07, 6.45) is 3.58. The molecule has 0 bridgehead atoms. The van der Waals surface area contributed by atoms with Crippen molar-refractivity contribution < 1.29 is 9.53 Å². The smallest absolute Gasteiger partial charge is 0.337 e. The third kappa shape index (κ3) is 5.05. The van der Waals surface area contributed by atoms with E-state index in [0.29, 0.717) is 5.56 Å². The number of hydrogen-bond donors (Lipinski definition) is 0. The molecule has 3 aromatic rings. The first-order valence-corrected chi connectivity index (χ1v) is 11.9. The highest BCUT2D eigenvalue weighted by molar-refractivity contribution is 7.99. The van der Waals surface area contributed by atoms with Crippen LogP contribution in [0.1, 0.15) is 29.6 Å².